The fourth-order valence-corrected chi connectivity index (χ4v) is 2.79. The Morgan fingerprint density at radius 3 is 2.86 bits per heavy atom. The van der Waals surface area contributed by atoms with Crippen molar-refractivity contribution < 1.29 is 4.74 Å². The summed E-state index contributed by atoms with van der Waals surface area (Å²) in [5, 5.41) is 9.27. The van der Waals surface area contributed by atoms with Crippen molar-refractivity contribution in [2.45, 2.75) is 37.8 Å². The molecule has 0 saturated carbocycles. The average Bonchev–Trinajstić information content (AvgIpc) is 2.86. The number of aromatic nitrogens is 4. The van der Waals surface area contributed by atoms with E-state index in [0.29, 0.717) is 12.5 Å². The SMILES string of the molecule is COc1ccnc(CSc2nnc(CN)n2CC(C)C)c1. The van der Waals surface area contributed by atoms with Crippen LogP contribution in [0.1, 0.15) is 25.4 Å². The van der Waals surface area contributed by atoms with Crippen molar-refractivity contribution in [1.82, 2.24) is 19.7 Å². The standard InChI is InChI=1S/C14H21N5OS/c1-10(2)8-19-13(7-15)17-18-14(19)21-9-11-6-12(20-3)4-5-16-11/h4-6,10H,7-9,15H2,1-3H3. The molecule has 0 amide bonds. The Bertz CT molecular complexity index is 584. The van der Waals surface area contributed by atoms with E-state index in [9.17, 15) is 0 Å². The van der Waals surface area contributed by atoms with E-state index >= 15 is 0 Å². The molecule has 2 heterocycles. The number of hydrogen-bond acceptors (Lipinski definition) is 6. The van der Waals surface area contributed by atoms with Crippen molar-refractivity contribution in [1.29, 1.82) is 0 Å². The first-order chi connectivity index (χ1) is 10.1. The van der Waals surface area contributed by atoms with Crippen LogP contribution in [-0.4, -0.2) is 26.9 Å². The van der Waals surface area contributed by atoms with Crippen molar-refractivity contribution in [3.8, 4) is 5.75 Å². The van der Waals surface area contributed by atoms with Crippen LogP contribution in [0.25, 0.3) is 0 Å². The highest BCUT2D eigenvalue weighted by atomic mass is 32.2. The molecule has 7 heteroatoms. The maximum Gasteiger partial charge on any atom is 0.191 e. The topological polar surface area (TPSA) is 78.8 Å². The van der Waals surface area contributed by atoms with Gasteiger partial charge in [0.15, 0.2) is 5.16 Å². The lowest BCUT2D eigenvalue weighted by Gasteiger charge is -2.11. The lowest BCUT2D eigenvalue weighted by molar-refractivity contribution is 0.413. The van der Waals surface area contributed by atoms with E-state index in [1.54, 1.807) is 25.1 Å². The second kappa shape index (κ2) is 7.42. The smallest absolute Gasteiger partial charge is 0.191 e. The Morgan fingerprint density at radius 2 is 2.19 bits per heavy atom. The van der Waals surface area contributed by atoms with E-state index in [0.717, 1.165) is 34.7 Å². The largest absolute Gasteiger partial charge is 0.497 e. The quantitative estimate of drug-likeness (QED) is 0.789. The molecule has 2 rings (SSSR count). The molecule has 0 aliphatic carbocycles. The molecular formula is C14H21N5OS. The molecule has 2 aromatic rings. The summed E-state index contributed by atoms with van der Waals surface area (Å²) in [6, 6.07) is 3.77. The number of hydrogen-bond donors (Lipinski definition) is 1. The van der Waals surface area contributed by atoms with E-state index in [-0.39, 0.29) is 0 Å². The lowest BCUT2D eigenvalue weighted by Crippen LogP contribution is -2.12. The van der Waals surface area contributed by atoms with Crippen molar-refractivity contribution >= 4 is 11.8 Å². The van der Waals surface area contributed by atoms with Gasteiger partial charge in [0.1, 0.15) is 11.6 Å². The zero-order chi connectivity index (χ0) is 15.2. The lowest BCUT2D eigenvalue weighted by atomic mass is 10.2. The molecule has 0 spiro atoms. The van der Waals surface area contributed by atoms with Crippen LogP contribution in [0.4, 0.5) is 0 Å². The van der Waals surface area contributed by atoms with Gasteiger partial charge in [-0.2, -0.15) is 0 Å². The number of rotatable bonds is 7. The molecule has 0 unspecified atom stereocenters. The first-order valence-electron chi connectivity index (χ1n) is 6.88. The number of nitrogens with two attached hydrogens (primary N) is 1. The molecule has 0 radical (unpaired) electrons. The van der Waals surface area contributed by atoms with E-state index in [1.807, 2.05) is 12.1 Å². The number of methoxy groups -OCH3 is 1. The number of thioether (sulfide) groups is 1. The molecule has 0 saturated heterocycles. The van der Waals surface area contributed by atoms with E-state index in [1.165, 1.54) is 0 Å². The van der Waals surface area contributed by atoms with Crippen LogP contribution in [-0.2, 0) is 18.8 Å². The van der Waals surface area contributed by atoms with Crippen LogP contribution in [0.2, 0.25) is 0 Å². The fraction of sp³-hybridized carbons (Fsp3) is 0.500. The van der Waals surface area contributed by atoms with E-state index in [4.69, 9.17) is 10.5 Å². The first-order valence-corrected chi connectivity index (χ1v) is 7.86. The number of pyridine rings is 1. The van der Waals surface area contributed by atoms with E-state index < -0.39 is 0 Å². The molecule has 6 nitrogen and oxygen atoms in total. The Balaban J connectivity index is 2.10. The minimum absolute atomic E-state index is 0.400. The minimum atomic E-state index is 0.400. The van der Waals surface area contributed by atoms with Gasteiger partial charge in [-0.1, -0.05) is 25.6 Å². The molecule has 0 aromatic carbocycles. The van der Waals surface area contributed by atoms with Crippen molar-refractivity contribution in [3.63, 3.8) is 0 Å². The maximum atomic E-state index is 5.72. The van der Waals surface area contributed by atoms with Gasteiger partial charge in [0.05, 0.1) is 19.3 Å². The third-order valence-corrected chi connectivity index (χ3v) is 3.90. The molecule has 0 bridgehead atoms. The third-order valence-electron chi connectivity index (χ3n) is 2.90. The van der Waals surface area contributed by atoms with Gasteiger partial charge in [-0.15, -0.1) is 10.2 Å². The normalized spacial score (nSPS) is 11.1. The van der Waals surface area contributed by atoms with Gasteiger partial charge in [0.25, 0.3) is 0 Å². The minimum Gasteiger partial charge on any atom is -0.497 e. The molecule has 21 heavy (non-hydrogen) atoms. The summed E-state index contributed by atoms with van der Waals surface area (Å²) in [4.78, 5) is 4.34. The number of nitrogens with zero attached hydrogens (tertiary/aromatic N) is 4. The predicted molar refractivity (Wildman–Crippen MR) is 83.1 cm³/mol. The summed E-state index contributed by atoms with van der Waals surface area (Å²) in [5.74, 6) is 2.87. The molecule has 2 N–H and O–H groups in total. The Hall–Kier alpha value is -1.60. The summed E-state index contributed by atoms with van der Waals surface area (Å²) >= 11 is 1.61. The van der Waals surface area contributed by atoms with Crippen molar-refractivity contribution in [3.05, 3.63) is 29.8 Å². The highest BCUT2D eigenvalue weighted by Crippen LogP contribution is 2.23. The fourth-order valence-electron chi connectivity index (χ4n) is 1.93. The van der Waals surface area contributed by atoms with E-state index in [2.05, 4.69) is 33.6 Å². The van der Waals surface area contributed by atoms with Gasteiger partial charge < -0.3 is 15.0 Å². The Labute approximate surface area is 129 Å². The Morgan fingerprint density at radius 1 is 1.38 bits per heavy atom. The summed E-state index contributed by atoms with van der Waals surface area (Å²) in [5.41, 5.74) is 6.67. The molecule has 0 fully saturated rings. The maximum absolute atomic E-state index is 5.72. The summed E-state index contributed by atoms with van der Waals surface area (Å²) in [6.07, 6.45) is 1.75. The van der Waals surface area contributed by atoms with Gasteiger partial charge in [0.2, 0.25) is 0 Å². The Kier molecular flexibility index (Phi) is 5.58. The first kappa shape index (κ1) is 15.8. The number of ether oxygens (including phenoxy) is 1. The van der Waals surface area contributed by atoms with Crippen molar-refractivity contribution in [2.75, 3.05) is 7.11 Å². The molecule has 114 valence electrons. The zero-order valence-corrected chi connectivity index (χ0v) is 13.4. The second-order valence-electron chi connectivity index (χ2n) is 5.08. The highest BCUT2D eigenvalue weighted by Gasteiger charge is 2.13. The van der Waals surface area contributed by atoms with Gasteiger partial charge in [-0.25, -0.2) is 0 Å². The zero-order valence-electron chi connectivity index (χ0n) is 12.6. The van der Waals surface area contributed by atoms with Gasteiger partial charge >= 0.3 is 0 Å². The molecule has 2 aromatic heterocycles. The van der Waals surface area contributed by atoms with Crippen LogP contribution in [0.3, 0.4) is 0 Å². The monoisotopic (exact) mass is 307 g/mol. The molecular weight excluding hydrogens is 286 g/mol. The van der Waals surface area contributed by atoms with Crippen LogP contribution < -0.4 is 10.5 Å². The summed E-state index contributed by atoms with van der Waals surface area (Å²) in [7, 11) is 1.65. The molecule has 0 aliphatic heterocycles. The van der Waals surface area contributed by atoms with Gasteiger partial charge in [-0.3, -0.25) is 4.98 Å². The van der Waals surface area contributed by atoms with Crippen molar-refractivity contribution in [2.24, 2.45) is 11.7 Å². The second-order valence-corrected chi connectivity index (χ2v) is 6.03. The average molecular weight is 307 g/mol. The third kappa shape index (κ3) is 4.18. The van der Waals surface area contributed by atoms with Crippen LogP contribution in [0, 0.1) is 5.92 Å². The van der Waals surface area contributed by atoms with Crippen LogP contribution in [0.15, 0.2) is 23.5 Å². The predicted octanol–water partition coefficient (Wildman–Crippen LogP) is 2.09. The van der Waals surface area contributed by atoms with Gasteiger partial charge in [-0.05, 0) is 12.0 Å². The van der Waals surface area contributed by atoms with Crippen LogP contribution >= 0.6 is 11.8 Å². The summed E-state index contributed by atoms with van der Waals surface area (Å²) in [6.45, 7) is 5.60. The summed E-state index contributed by atoms with van der Waals surface area (Å²) < 4.78 is 7.30. The highest BCUT2D eigenvalue weighted by molar-refractivity contribution is 7.98. The van der Waals surface area contributed by atoms with Crippen LogP contribution in [0.5, 0.6) is 5.75 Å². The molecule has 0 aliphatic rings. The van der Waals surface area contributed by atoms with Gasteiger partial charge in [0, 0.05) is 24.6 Å². The molecule has 0 atom stereocenters.